The SMILES string of the molecule is CC/C=C\C/C=C\C/C=C\C/C=C\C/C=C\CC(=O)OC(CO)COC(=O)CCCCCCCCCCCCCCCC/C=C\C/C=C\C/C=C\CCCCCCC. The van der Waals surface area contributed by atoms with Gasteiger partial charge in [-0.05, 0) is 77.0 Å². The molecule has 0 heterocycles. The van der Waals surface area contributed by atoms with Gasteiger partial charge in [0.1, 0.15) is 6.61 Å². The van der Waals surface area contributed by atoms with Crippen molar-refractivity contribution in [1.29, 1.82) is 0 Å². The van der Waals surface area contributed by atoms with Gasteiger partial charge in [0.2, 0.25) is 0 Å². The molecule has 1 N–H and O–H groups in total. The molecule has 0 saturated heterocycles. The maximum atomic E-state index is 12.2. The summed E-state index contributed by atoms with van der Waals surface area (Å²) in [6.45, 7) is 3.92. The smallest absolute Gasteiger partial charge is 0.310 e. The number of ether oxygens (including phenoxy) is 2. The Balaban J connectivity index is 3.58. The first kappa shape index (κ1) is 54.8. The van der Waals surface area contributed by atoms with E-state index in [0.29, 0.717) is 6.42 Å². The molecule has 0 aliphatic rings. The normalized spacial score (nSPS) is 13.1. The van der Waals surface area contributed by atoms with Crippen LogP contribution < -0.4 is 0 Å². The average molecular weight is 805 g/mol. The van der Waals surface area contributed by atoms with Crippen molar-refractivity contribution >= 4 is 11.9 Å². The zero-order chi connectivity index (χ0) is 42.1. The molecular formula is C53H88O5. The first-order chi connectivity index (χ1) is 28.6. The van der Waals surface area contributed by atoms with Crippen LogP contribution in [0.3, 0.4) is 0 Å². The van der Waals surface area contributed by atoms with Crippen molar-refractivity contribution in [3.8, 4) is 0 Å². The lowest BCUT2D eigenvalue weighted by molar-refractivity contribution is -0.160. The van der Waals surface area contributed by atoms with Crippen LogP contribution in [0.5, 0.6) is 0 Å². The van der Waals surface area contributed by atoms with E-state index in [1.807, 2.05) is 6.08 Å². The molecule has 0 fully saturated rings. The fourth-order valence-corrected chi connectivity index (χ4v) is 6.34. The van der Waals surface area contributed by atoms with E-state index in [0.717, 1.165) is 64.2 Å². The second kappa shape index (κ2) is 48.2. The number of hydrogen-bond donors (Lipinski definition) is 1. The molecule has 1 unspecified atom stereocenters. The Hall–Kier alpha value is -3.18. The predicted octanol–water partition coefficient (Wildman–Crippen LogP) is 15.6. The summed E-state index contributed by atoms with van der Waals surface area (Å²) in [5, 5.41) is 9.57. The van der Waals surface area contributed by atoms with Gasteiger partial charge in [-0.2, -0.15) is 0 Å². The molecular weight excluding hydrogens is 717 g/mol. The van der Waals surface area contributed by atoms with Gasteiger partial charge < -0.3 is 14.6 Å². The third-order valence-corrected chi connectivity index (χ3v) is 9.89. The lowest BCUT2D eigenvalue weighted by Gasteiger charge is -2.15. The molecule has 0 bridgehead atoms. The van der Waals surface area contributed by atoms with Crippen molar-refractivity contribution in [2.45, 2.75) is 213 Å². The van der Waals surface area contributed by atoms with Crippen LogP contribution in [-0.4, -0.2) is 36.4 Å². The number of aliphatic hydroxyl groups excluding tert-OH is 1. The van der Waals surface area contributed by atoms with Crippen LogP contribution in [-0.2, 0) is 19.1 Å². The Kier molecular flexibility index (Phi) is 45.5. The molecule has 0 rings (SSSR count). The molecule has 5 heteroatoms. The monoisotopic (exact) mass is 805 g/mol. The van der Waals surface area contributed by atoms with Crippen LogP contribution in [0.1, 0.15) is 206 Å². The van der Waals surface area contributed by atoms with Gasteiger partial charge in [0.15, 0.2) is 6.10 Å². The van der Waals surface area contributed by atoms with Crippen LogP contribution in [0.2, 0.25) is 0 Å². The van der Waals surface area contributed by atoms with E-state index in [1.54, 1.807) is 6.08 Å². The molecule has 0 amide bonds. The zero-order valence-corrected chi connectivity index (χ0v) is 37.5. The number of allylic oxidation sites excluding steroid dienone is 15. The highest BCUT2D eigenvalue weighted by atomic mass is 16.6. The van der Waals surface area contributed by atoms with Crippen LogP contribution in [0.25, 0.3) is 0 Å². The van der Waals surface area contributed by atoms with Crippen molar-refractivity contribution in [2.75, 3.05) is 13.2 Å². The van der Waals surface area contributed by atoms with Gasteiger partial charge in [0, 0.05) is 6.42 Å². The Morgan fingerprint density at radius 1 is 0.431 bits per heavy atom. The van der Waals surface area contributed by atoms with E-state index < -0.39 is 12.1 Å². The summed E-state index contributed by atoms with van der Waals surface area (Å²) in [6, 6.07) is 0. The van der Waals surface area contributed by atoms with Gasteiger partial charge in [-0.1, -0.05) is 214 Å². The van der Waals surface area contributed by atoms with Crippen molar-refractivity contribution in [1.82, 2.24) is 0 Å². The van der Waals surface area contributed by atoms with Crippen molar-refractivity contribution in [2.24, 2.45) is 0 Å². The van der Waals surface area contributed by atoms with Crippen molar-refractivity contribution < 1.29 is 24.2 Å². The summed E-state index contributed by atoms with van der Waals surface area (Å²) in [4.78, 5) is 24.3. The number of carbonyl (C=O) groups excluding carboxylic acids is 2. The van der Waals surface area contributed by atoms with Gasteiger partial charge >= 0.3 is 11.9 Å². The Morgan fingerprint density at radius 3 is 1.21 bits per heavy atom. The zero-order valence-electron chi connectivity index (χ0n) is 37.5. The maximum Gasteiger partial charge on any atom is 0.310 e. The van der Waals surface area contributed by atoms with E-state index in [-0.39, 0.29) is 25.6 Å². The minimum atomic E-state index is -0.831. The maximum absolute atomic E-state index is 12.2. The quantitative estimate of drug-likeness (QED) is 0.0378. The Morgan fingerprint density at radius 2 is 0.793 bits per heavy atom. The summed E-state index contributed by atoms with van der Waals surface area (Å²) < 4.78 is 10.5. The highest BCUT2D eigenvalue weighted by molar-refractivity contribution is 5.71. The number of carbonyl (C=O) groups is 2. The average Bonchev–Trinajstić information content (AvgIpc) is 3.23. The number of rotatable bonds is 42. The van der Waals surface area contributed by atoms with Gasteiger partial charge in [0.05, 0.1) is 13.0 Å². The second-order valence-electron chi connectivity index (χ2n) is 15.5. The second-order valence-corrected chi connectivity index (χ2v) is 15.5. The Labute approximate surface area is 358 Å². The molecule has 0 aromatic heterocycles. The predicted molar refractivity (Wildman–Crippen MR) is 251 cm³/mol. The molecule has 330 valence electrons. The van der Waals surface area contributed by atoms with E-state index in [1.165, 1.54) is 116 Å². The van der Waals surface area contributed by atoms with E-state index >= 15 is 0 Å². The summed E-state index contributed by atoms with van der Waals surface area (Å²) in [5.41, 5.74) is 0. The number of unbranched alkanes of at least 4 members (excludes halogenated alkanes) is 19. The first-order valence-electron chi connectivity index (χ1n) is 23.8. The third-order valence-electron chi connectivity index (χ3n) is 9.89. The van der Waals surface area contributed by atoms with Crippen LogP contribution >= 0.6 is 0 Å². The molecule has 0 radical (unpaired) electrons. The van der Waals surface area contributed by atoms with Crippen LogP contribution in [0.15, 0.2) is 97.2 Å². The molecule has 58 heavy (non-hydrogen) atoms. The van der Waals surface area contributed by atoms with Gasteiger partial charge in [-0.15, -0.1) is 0 Å². The number of esters is 2. The molecule has 0 spiro atoms. The lowest BCUT2D eigenvalue weighted by Crippen LogP contribution is -2.28. The fraction of sp³-hybridized carbons (Fsp3) is 0.660. The van der Waals surface area contributed by atoms with E-state index in [9.17, 15) is 14.7 Å². The molecule has 5 nitrogen and oxygen atoms in total. The molecule has 0 aliphatic heterocycles. The number of hydrogen-bond acceptors (Lipinski definition) is 5. The van der Waals surface area contributed by atoms with E-state index in [4.69, 9.17) is 9.47 Å². The summed E-state index contributed by atoms with van der Waals surface area (Å²) in [5.74, 6) is -0.743. The molecule has 0 aliphatic carbocycles. The highest BCUT2D eigenvalue weighted by Gasteiger charge is 2.15. The standard InChI is InChI=1S/C53H88O5/c1-3-5-7-9-11-13-15-17-19-20-21-22-23-24-25-26-27-28-29-30-31-32-34-35-37-39-41-43-45-47-52(55)57-50-51(49-54)58-53(56)48-46-44-42-40-38-36-33-18-16-14-12-10-8-6-4-2/h6,8,12,14-15,17-18,20-21,23-24,33,38,40,44,46,51,54H,3-5,7,9-11,13,16,19,22,25-32,34-37,39,41-43,45,47-50H2,1-2H3/b8-6-,14-12-,17-15-,21-20-,24-23-,33-18-,40-38-,46-44-. The fourth-order valence-electron chi connectivity index (χ4n) is 6.34. The summed E-state index contributed by atoms with van der Waals surface area (Å²) in [7, 11) is 0. The van der Waals surface area contributed by atoms with Gasteiger partial charge in [-0.3, -0.25) is 9.59 Å². The molecule has 0 saturated carbocycles. The minimum Gasteiger partial charge on any atom is -0.462 e. The summed E-state index contributed by atoms with van der Waals surface area (Å²) >= 11 is 0. The topological polar surface area (TPSA) is 72.8 Å². The Bertz CT molecular complexity index is 1140. The number of aliphatic hydroxyl groups is 1. The van der Waals surface area contributed by atoms with Crippen molar-refractivity contribution in [3.05, 3.63) is 97.2 Å². The largest absolute Gasteiger partial charge is 0.462 e. The summed E-state index contributed by atoms with van der Waals surface area (Å²) in [6.07, 6.45) is 68.1. The molecule has 1 atom stereocenters. The van der Waals surface area contributed by atoms with E-state index in [2.05, 4.69) is 98.9 Å². The third kappa shape index (κ3) is 45.5. The van der Waals surface area contributed by atoms with Crippen molar-refractivity contribution in [3.63, 3.8) is 0 Å². The first-order valence-corrected chi connectivity index (χ1v) is 23.8. The lowest BCUT2D eigenvalue weighted by atomic mass is 10.0. The highest BCUT2D eigenvalue weighted by Crippen LogP contribution is 2.14. The molecule has 0 aromatic rings. The van der Waals surface area contributed by atoms with Crippen LogP contribution in [0, 0.1) is 0 Å². The minimum absolute atomic E-state index is 0.110. The van der Waals surface area contributed by atoms with Gasteiger partial charge in [-0.25, -0.2) is 0 Å². The van der Waals surface area contributed by atoms with Crippen LogP contribution in [0.4, 0.5) is 0 Å². The van der Waals surface area contributed by atoms with Gasteiger partial charge in [0.25, 0.3) is 0 Å². The molecule has 0 aromatic carbocycles.